The van der Waals surface area contributed by atoms with Crippen LogP contribution in [0.4, 0.5) is 0 Å². The quantitative estimate of drug-likeness (QED) is 0.819. The predicted molar refractivity (Wildman–Crippen MR) is 78.8 cm³/mol. The van der Waals surface area contributed by atoms with Gasteiger partial charge in [-0.05, 0) is 36.0 Å². The Morgan fingerprint density at radius 2 is 2.37 bits per heavy atom. The lowest BCUT2D eigenvalue weighted by Gasteiger charge is -2.08. The van der Waals surface area contributed by atoms with Crippen LogP contribution in [0.5, 0.6) is 0 Å². The summed E-state index contributed by atoms with van der Waals surface area (Å²) in [6, 6.07) is 1.71. The van der Waals surface area contributed by atoms with Crippen LogP contribution in [0.1, 0.15) is 21.7 Å². The van der Waals surface area contributed by atoms with Gasteiger partial charge in [-0.25, -0.2) is 4.79 Å². The van der Waals surface area contributed by atoms with Gasteiger partial charge in [0.1, 0.15) is 0 Å². The molecule has 1 aromatic heterocycles. The molecule has 0 spiro atoms. The number of aliphatic carboxylic acids is 1. The fourth-order valence-electron chi connectivity index (χ4n) is 1.80. The van der Waals surface area contributed by atoms with Gasteiger partial charge < -0.3 is 10.4 Å². The topological polar surface area (TPSA) is 66.4 Å². The first kappa shape index (κ1) is 14.1. The Bertz CT molecular complexity index is 490. The van der Waals surface area contributed by atoms with E-state index in [2.05, 4.69) is 5.32 Å². The second-order valence-electron chi connectivity index (χ2n) is 4.35. The van der Waals surface area contributed by atoms with E-state index in [9.17, 15) is 9.59 Å². The highest BCUT2D eigenvalue weighted by Crippen LogP contribution is 2.22. The molecule has 0 aliphatic carbocycles. The van der Waals surface area contributed by atoms with Crippen LogP contribution in [-0.4, -0.2) is 35.0 Å². The number of carboxylic acid groups (broad SMARTS) is 1. The minimum Gasteiger partial charge on any atom is -0.478 e. The Balaban J connectivity index is 1.86. The molecule has 1 aromatic rings. The molecule has 1 aliphatic rings. The average molecular weight is 297 g/mol. The summed E-state index contributed by atoms with van der Waals surface area (Å²) < 4.78 is 0. The molecule has 1 fully saturated rings. The molecule has 1 amide bonds. The maximum Gasteiger partial charge on any atom is 0.328 e. The number of nitrogens with one attached hydrogen (secondary N) is 1. The maximum absolute atomic E-state index is 11.9. The Labute approximate surface area is 119 Å². The number of hydrogen-bond acceptors (Lipinski definition) is 4. The van der Waals surface area contributed by atoms with Gasteiger partial charge in [0, 0.05) is 22.9 Å². The summed E-state index contributed by atoms with van der Waals surface area (Å²) in [5.41, 5.74) is 0.598. The van der Waals surface area contributed by atoms with E-state index in [-0.39, 0.29) is 5.91 Å². The van der Waals surface area contributed by atoms with Crippen LogP contribution in [0.3, 0.4) is 0 Å². The summed E-state index contributed by atoms with van der Waals surface area (Å²) >= 11 is 3.29. The molecule has 1 saturated heterocycles. The van der Waals surface area contributed by atoms with Gasteiger partial charge in [-0.2, -0.15) is 11.8 Å². The smallest absolute Gasteiger partial charge is 0.328 e. The Morgan fingerprint density at radius 1 is 1.53 bits per heavy atom. The Morgan fingerprint density at radius 3 is 3.05 bits per heavy atom. The van der Waals surface area contributed by atoms with Crippen molar-refractivity contribution in [2.24, 2.45) is 5.92 Å². The molecule has 0 radical (unpaired) electrons. The fraction of sp³-hybridized carbons (Fsp3) is 0.385. The Hall–Kier alpha value is -1.27. The van der Waals surface area contributed by atoms with Crippen LogP contribution in [0.2, 0.25) is 0 Å². The lowest BCUT2D eigenvalue weighted by atomic mass is 10.1. The van der Waals surface area contributed by atoms with Crippen molar-refractivity contribution in [3.05, 3.63) is 28.0 Å². The standard InChI is InChI=1S/C13H15NO3S2/c15-12(16)2-1-11-5-10(8-19-11)13(17)14-6-9-3-4-18-7-9/h1-2,5,8-9H,3-4,6-7H2,(H,14,17)(H,15,16)/b2-1+. The molecule has 4 nitrogen and oxygen atoms in total. The summed E-state index contributed by atoms with van der Waals surface area (Å²) in [6.45, 7) is 0.724. The summed E-state index contributed by atoms with van der Waals surface area (Å²) in [5.74, 6) is 1.82. The SMILES string of the molecule is O=C(O)/C=C/c1cc(C(=O)NCC2CCSC2)cs1. The second-order valence-corrected chi connectivity index (χ2v) is 6.44. The molecule has 1 atom stereocenters. The largest absolute Gasteiger partial charge is 0.478 e. The first-order valence-corrected chi connectivity index (χ1v) is 8.04. The van der Waals surface area contributed by atoms with Gasteiger partial charge in [0.25, 0.3) is 5.91 Å². The fourth-order valence-corrected chi connectivity index (χ4v) is 3.86. The molecule has 1 aliphatic heterocycles. The van der Waals surface area contributed by atoms with Crippen molar-refractivity contribution in [1.82, 2.24) is 5.32 Å². The first-order chi connectivity index (χ1) is 9.15. The van der Waals surface area contributed by atoms with Crippen LogP contribution < -0.4 is 5.32 Å². The van der Waals surface area contributed by atoms with Crippen LogP contribution in [0.25, 0.3) is 6.08 Å². The zero-order valence-electron chi connectivity index (χ0n) is 10.3. The number of carbonyl (C=O) groups is 2. The summed E-state index contributed by atoms with van der Waals surface area (Å²) in [7, 11) is 0. The van der Waals surface area contributed by atoms with Crippen molar-refractivity contribution in [3.8, 4) is 0 Å². The highest BCUT2D eigenvalue weighted by atomic mass is 32.2. The highest BCUT2D eigenvalue weighted by Gasteiger charge is 2.16. The molecular formula is C13H15NO3S2. The summed E-state index contributed by atoms with van der Waals surface area (Å²) in [6.07, 6.45) is 3.74. The van der Waals surface area contributed by atoms with Crippen molar-refractivity contribution < 1.29 is 14.7 Å². The van der Waals surface area contributed by atoms with Crippen molar-refractivity contribution >= 4 is 41.1 Å². The molecule has 2 rings (SSSR count). The molecule has 2 heterocycles. The lowest BCUT2D eigenvalue weighted by molar-refractivity contribution is -0.131. The third kappa shape index (κ3) is 4.40. The predicted octanol–water partition coefficient (Wildman–Crippen LogP) is 2.33. The van der Waals surface area contributed by atoms with E-state index in [1.165, 1.54) is 29.6 Å². The molecule has 2 N–H and O–H groups in total. The van der Waals surface area contributed by atoms with E-state index >= 15 is 0 Å². The molecule has 102 valence electrons. The van der Waals surface area contributed by atoms with Gasteiger partial charge in [0.2, 0.25) is 0 Å². The van der Waals surface area contributed by atoms with Crippen molar-refractivity contribution in [2.45, 2.75) is 6.42 Å². The number of amides is 1. The molecule has 1 unspecified atom stereocenters. The lowest BCUT2D eigenvalue weighted by Crippen LogP contribution is -2.28. The van der Waals surface area contributed by atoms with Crippen molar-refractivity contribution in [2.75, 3.05) is 18.1 Å². The van der Waals surface area contributed by atoms with Gasteiger partial charge >= 0.3 is 5.97 Å². The molecule has 0 aromatic carbocycles. The van der Waals surface area contributed by atoms with E-state index in [0.29, 0.717) is 11.5 Å². The average Bonchev–Trinajstić information content (AvgIpc) is 3.04. The van der Waals surface area contributed by atoms with E-state index in [0.717, 1.165) is 23.3 Å². The molecular weight excluding hydrogens is 282 g/mol. The number of hydrogen-bond donors (Lipinski definition) is 2. The van der Waals surface area contributed by atoms with Crippen LogP contribution in [0.15, 0.2) is 17.5 Å². The van der Waals surface area contributed by atoms with Crippen LogP contribution in [0, 0.1) is 5.92 Å². The van der Waals surface area contributed by atoms with Crippen LogP contribution >= 0.6 is 23.1 Å². The van der Waals surface area contributed by atoms with Gasteiger partial charge in [0.15, 0.2) is 0 Å². The summed E-state index contributed by atoms with van der Waals surface area (Å²) in [5, 5.41) is 13.2. The minimum absolute atomic E-state index is 0.0804. The van der Waals surface area contributed by atoms with Gasteiger partial charge in [-0.1, -0.05) is 0 Å². The molecule has 0 bridgehead atoms. The van der Waals surface area contributed by atoms with Crippen LogP contribution in [-0.2, 0) is 4.79 Å². The zero-order chi connectivity index (χ0) is 13.7. The molecule has 6 heteroatoms. The highest BCUT2D eigenvalue weighted by molar-refractivity contribution is 7.99. The van der Waals surface area contributed by atoms with Crippen molar-refractivity contribution in [1.29, 1.82) is 0 Å². The normalized spacial score (nSPS) is 18.8. The number of thiophene rings is 1. The first-order valence-electron chi connectivity index (χ1n) is 6.00. The monoisotopic (exact) mass is 297 g/mol. The number of carbonyl (C=O) groups excluding carboxylic acids is 1. The minimum atomic E-state index is -0.988. The number of thioether (sulfide) groups is 1. The van der Waals surface area contributed by atoms with Crippen molar-refractivity contribution in [3.63, 3.8) is 0 Å². The summed E-state index contributed by atoms with van der Waals surface area (Å²) in [4.78, 5) is 23.1. The molecule has 19 heavy (non-hydrogen) atoms. The maximum atomic E-state index is 11.9. The van der Waals surface area contributed by atoms with E-state index in [1.807, 2.05) is 11.8 Å². The third-order valence-corrected chi connectivity index (χ3v) is 4.98. The van der Waals surface area contributed by atoms with Gasteiger partial charge in [0.05, 0.1) is 5.56 Å². The van der Waals surface area contributed by atoms with E-state index < -0.39 is 5.97 Å². The Kier molecular flexibility index (Phi) is 5.04. The zero-order valence-corrected chi connectivity index (χ0v) is 11.9. The van der Waals surface area contributed by atoms with E-state index in [1.54, 1.807) is 11.4 Å². The number of carboxylic acids is 1. The molecule has 0 saturated carbocycles. The second kappa shape index (κ2) is 6.77. The van der Waals surface area contributed by atoms with Gasteiger partial charge in [-0.3, -0.25) is 4.79 Å². The van der Waals surface area contributed by atoms with E-state index in [4.69, 9.17) is 5.11 Å². The third-order valence-electron chi connectivity index (χ3n) is 2.85. The van der Waals surface area contributed by atoms with Gasteiger partial charge in [-0.15, -0.1) is 11.3 Å². The number of rotatable bonds is 5.